The molecule has 1 atom stereocenters. The SMILES string of the molecule is CC(C)NC(=O)[C@@H]1CCCN1C(=O)OC(C)(C)C. The summed E-state index contributed by atoms with van der Waals surface area (Å²) in [5.74, 6) is -0.0895. The highest BCUT2D eigenvalue weighted by Crippen LogP contribution is 2.21. The van der Waals surface area contributed by atoms with E-state index in [1.165, 1.54) is 4.90 Å². The van der Waals surface area contributed by atoms with Crippen LogP contribution in [0.15, 0.2) is 0 Å². The second kappa shape index (κ2) is 5.59. The molecule has 1 N–H and O–H groups in total. The Kier molecular flexibility index (Phi) is 4.59. The van der Waals surface area contributed by atoms with Crippen molar-refractivity contribution in [2.45, 2.75) is 65.1 Å². The molecule has 1 fully saturated rings. The fourth-order valence-electron chi connectivity index (χ4n) is 1.96. The van der Waals surface area contributed by atoms with Crippen molar-refractivity contribution < 1.29 is 14.3 Å². The van der Waals surface area contributed by atoms with Crippen LogP contribution in [0.1, 0.15) is 47.5 Å². The summed E-state index contributed by atoms with van der Waals surface area (Å²) >= 11 is 0. The van der Waals surface area contributed by atoms with Crippen LogP contribution < -0.4 is 5.32 Å². The van der Waals surface area contributed by atoms with Gasteiger partial charge < -0.3 is 10.1 Å². The highest BCUT2D eigenvalue weighted by molar-refractivity contribution is 5.86. The summed E-state index contributed by atoms with van der Waals surface area (Å²) in [6.07, 6.45) is 1.15. The number of rotatable bonds is 2. The molecule has 1 rings (SSSR count). The molecule has 104 valence electrons. The molecule has 1 aliphatic rings. The molecule has 0 aromatic carbocycles. The van der Waals surface area contributed by atoms with Crippen LogP contribution in [0.3, 0.4) is 0 Å². The summed E-state index contributed by atoms with van der Waals surface area (Å²) in [7, 11) is 0. The van der Waals surface area contributed by atoms with Gasteiger partial charge >= 0.3 is 6.09 Å². The van der Waals surface area contributed by atoms with Gasteiger partial charge in [0.1, 0.15) is 11.6 Å². The van der Waals surface area contributed by atoms with Gasteiger partial charge in [-0.1, -0.05) is 0 Å². The van der Waals surface area contributed by atoms with Crippen molar-refractivity contribution >= 4 is 12.0 Å². The van der Waals surface area contributed by atoms with E-state index in [2.05, 4.69) is 5.32 Å². The molecule has 0 saturated carbocycles. The van der Waals surface area contributed by atoms with Gasteiger partial charge in [-0.15, -0.1) is 0 Å². The van der Waals surface area contributed by atoms with E-state index in [4.69, 9.17) is 4.74 Å². The normalized spacial score (nSPS) is 20.1. The van der Waals surface area contributed by atoms with Crippen LogP contribution in [0.4, 0.5) is 4.79 Å². The van der Waals surface area contributed by atoms with Crippen molar-refractivity contribution in [1.29, 1.82) is 0 Å². The summed E-state index contributed by atoms with van der Waals surface area (Å²) in [4.78, 5) is 25.5. The van der Waals surface area contributed by atoms with Crippen LogP contribution in [-0.4, -0.2) is 41.1 Å². The minimum absolute atomic E-state index is 0.0820. The molecule has 5 heteroatoms. The molecule has 0 aliphatic carbocycles. The first-order chi connectivity index (χ1) is 8.20. The molecule has 0 spiro atoms. The summed E-state index contributed by atoms with van der Waals surface area (Å²) in [6, 6.07) is -0.305. The van der Waals surface area contributed by atoms with Gasteiger partial charge in [-0.05, 0) is 47.5 Å². The standard InChI is InChI=1S/C13H24N2O3/c1-9(2)14-11(16)10-7-6-8-15(10)12(17)18-13(3,4)5/h9-10H,6-8H2,1-5H3,(H,14,16)/t10-/m0/s1. The third-order valence-corrected chi connectivity index (χ3v) is 2.61. The van der Waals surface area contributed by atoms with Crippen LogP contribution in [0.5, 0.6) is 0 Å². The maximum absolute atomic E-state index is 12.0. The predicted octanol–water partition coefficient (Wildman–Crippen LogP) is 1.91. The van der Waals surface area contributed by atoms with Gasteiger partial charge in [0, 0.05) is 12.6 Å². The summed E-state index contributed by atoms with van der Waals surface area (Å²) in [6.45, 7) is 9.87. The Hall–Kier alpha value is -1.26. The second-order valence-corrected chi connectivity index (χ2v) is 6.00. The molecule has 1 saturated heterocycles. The molecule has 5 nitrogen and oxygen atoms in total. The maximum Gasteiger partial charge on any atom is 0.410 e. The third kappa shape index (κ3) is 4.20. The Bertz CT molecular complexity index is 321. The first kappa shape index (κ1) is 14.8. The van der Waals surface area contributed by atoms with Crippen molar-refractivity contribution in [3.8, 4) is 0 Å². The van der Waals surface area contributed by atoms with E-state index in [0.29, 0.717) is 13.0 Å². The average Bonchev–Trinajstić information content (AvgIpc) is 2.61. The fourth-order valence-corrected chi connectivity index (χ4v) is 1.96. The molecule has 0 bridgehead atoms. The van der Waals surface area contributed by atoms with Gasteiger partial charge in [0.15, 0.2) is 0 Å². The molecule has 0 unspecified atom stereocenters. The number of hydrogen-bond acceptors (Lipinski definition) is 3. The van der Waals surface area contributed by atoms with Crippen LogP contribution in [0.25, 0.3) is 0 Å². The molecular weight excluding hydrogens is 232 g/mol. The monoisotopic (exact) mass is 256 g/mol. The van der Waals surface area contributed by atoms with Gasteiger partial charge in [-0.25, -0.2) is 4.79 Å². The van der Waals surface area contributed by atoms with Crippen LogP contribution in [0, 0.1) is 0 Å². The second-order valence-electron chi connectivity index (χ2n) is 6.00. The Labute approximate surface area is 109 Å². The number of likely N-dealkylation sites (tertiary alicyclic amines) is 1. The quantitative estimate of drug-likeness (QED) is 0.821. The zero-order chi connectivity index (χ0) is 13.9. The van der Waals surface area contributed by atoms with E-state index >= 15 is 0 Å². The van der Waals surface area contributed by atoms with Gasteiger partial charge in [0.05, 0.1) is 0 Å². The van der Waals surface area contributed by atoms with Crippen molar-refractivity contribution in [3.05, 3.63) is 0 Å². The minimum Gasteiger partial charge on any atom is -0.444 e. The molecule has 18 heavy (non-hydrogen) atoms. The average molecular weight is 256 g/mol. The van der Waals surface area contributed by atoms with Gasteiger partial charge in [0.25, 0.3) is 0 Å². The highest BCUT2D eigenvalue weighted by Gasteiger charge is 2.36. The maximum atomic E-state index is 12.0. The van der Waals surface area contributed by atoms with E-state index in [0.717, 1.165) is 6.42 Å². The molecule has 0 radical (unpaired) electrons. The summed E-state index contributed by atoms with van der Waals surface area (Å²) < 4.78 is 5.31. The summed E-state index contributed by atoms with van der Waals surface area (Å²) in [5, 5.41) is 2.84. The Morgan fingerprint density at radius 2 is 1.94 bits per heavy atom. The van der Waals surface area contributed by atoms with Gasteiger partial charge in [-0.3, -0.25) is 9.69 Å². The molecule has 1 aliphatic heterocycles. The van der Waals surface area contributed by atoms with Crippen molar-refractivity contribution in [3.63, 3.8) is 0 Å². The third-order valence-electron chi connectivity index (χ3n) is 2.61. The predicted molar refractivity (Wildman–Crippen MR) is 69.2 cm³/mol. The molecule has 1 heterocycles. The number of amides is 2. The lowest BCUT2D eigenvalue weighted by Gasteiger charge is -2.28. The van der Waals surface area contributed by atoms with Crippen molar-refractivity contribution in [2.75, 3.05) is 6.54 Å². The smallest absolute Gasteiger partial charge is 0.410 e. The largest absolute Gasteiger partial charge is 0.444 e. The van der Waals surface area contributed by atoms with E-state index in [9.17, 15) is 9.59 Å². The van der Waals surface area contributed by atoms with E-state index in [1.807, 2.05) is 34.6 Å². The zero-order valence-electron chi connectivity index (χ0n) is 11.9. The van der Waals surface area contributed by atoms with Crippen LogP contribution in [-0.2, 0) is 9.53 Å². The molecular formula is C13H24N2O3. The number of hydrogen-bond donors (Lipinski definition) is 1. The molecule has 0 aromatic heterocycles. The molecule has 0 aromatic rings. The zero-order valence-corrected chi connectivity index (χ0v) is 11.9. The summed E-state index contributed by atoms with van der Waals surface area (Å²) in [5.41, 5.74) is -0.529. The lowest BCUT2D eigenvalue weighted by atomic mass is 10.2. The topological polar surface area (TPSA) is 58.6 Å². The number of ether oxygens (including phenoxy) is 1. The van der Waals surface area contributed by atoms with Gasteiger partial charge in [0.2, 0.25) is 5.91 Å². The Morgan fingerprint density at radius 1 is 1.33 bits per heavy atom. The number of nitrogens with zero attached hydrogens (tertiary/aromatic N) is 1. The van der Waals surface area contributed by atoms with Crippen molar-refractivity contribution in [2.24, 2.45) is 0 Å². The highest BCUT2D eigenvalue weighted by atomic mass is 16.6. The Balaban J connectivity index is 2.64. The van der Waals surface area contributed by atoms with Crippen LogP contribution in [0.2, 0.25) is 0 Å². The van der Waals surface area contributed by atoms with E-state index in [-0.39, 0.29) is 18.0 Å². The first-order valence-electron chi connectivity index (χ1n) is 6.50. The number of nitrogens with one attached hydrogen (secondary N) is 1. The Morgan fingerprint density at radius 3 is 2.44 bits per heavy atom. The van der Waals surface area contributed by atoms with Crippen LogP contribution >= 0.6 is 0 Å². The number of carbonyl (C=O) groups excluding carboxylic acids is 2. The van der Waals surface area contributed by atoms with E-state index < -0.39 is 11.7 Å². The van der Waals surface area contributed by atoms with Crippen molar-refractivity contribution in [1.82, 2.24) is 10.2 Å². The first-order valence-corrected chi connectivity index (χ1v) is 6.50. The number of carbonyl (C=O) groups is 2. The minimum atomic E-state index is -0.529. The lowest BCUT2D eigenvalue weighted by Crippen LogP contribution is -2.48. The fraction of sp³-hybridized carbons (Fsp3) is 0.846. The lowest BCUT2D eigenvalue weighted by molar-refractivity contribution is -0.126. The van der Waals surface area contributed by atoms with E-state index in [1.54, 1.807) is 0 Å². The van der Waals surface area contributed by atoms with Gasteiger partial charge in [-0.2, -0.15) is 0 Å². The molecule has 2 amide bonds.